The first-order valence-electron chi connectivity index (χ1n) is 13.3. The van der Waals surface area contributed by atoms with Crippen molar-refractivity contribution in [3.05, 3.63) is 105 Å². The minimum atomic E-state index is -0.0268. The van der Waals surface area contributed by atoms with Gasteiger partial charge in [0.15, 0.2) is 10.9 Å². The molecule has 214 valence electrons. The summed E-state index contributed by atoms with van der Waals surface area (Å²) in [5.41, 5.74) is 2.43. The average Bonchev–Trinajstić information content (AvgIpc) is 3.79. The minimum Gasteiger partial charge on any atom is -0.461 e. The SMILES string of the molecule is O=C(c1csc(CSc2nnc(-c3ccco3)n2-c2ccc(Cl)c(Cl)c2)n1)N1CCN(CC=Cc2ccccc2)CC1. The Balaban J connectivity index is 1.08. The van der Waals surface area contributed by atoms with Gasteiger partial charge < -0.3 is 9.32 Å². The van der Waals surface area contributed by atoms with Crippen LogP contribution in [-0.4, -0.2) is 68.2 Å². The molecule has 12 heteroatoms. The largest absolute Gasteiger partial charge is 0.461 e. The van der Waals surface area contributed by atoms with E-state index >= 15 is 0 Å². The molecule has 0 bridgehead atoms. The molecular weight excluding hydrogens is 611 g/mol. The summed E-state index contributed by atoms with van der Waals surface area (Å²) in [4.78, 5) is 22.1. The molecule has 3 aromatic heterocycles. The Morgan fingerprint density at radius 2 is 1.83 bits per heavy atom. The van der Waals surface area contributed by atoms with Crippen molar-refractivity contribution in [3.8, 4) is 17.3 Å². The van der Waals surface area contributed by atoms with Crippen LogP contribution in [0.25, 0.3) is 23.3 Å². The predicted molar refractivity (Wildman–Crippen MR) is 169 cm³/mol. The summed E-state index contributed by atoms with van der Waals surface area (Å²) in [5.74, 6) is 1.62. The number of hydrogen-bond donors (Lipinski definition) is 0. The number of thioether (sulfide) groups is 1. The normalized spacial score (nSPS) is 14.2. The van der Waals surface area contributed by atoms with E-state index in [0.717, 1.165) is 30.3 Å². The molecule has 0 spiro atoms. The van der Waals surface area contributed by atoms with Gasteiger partial charge in [0.2, 0.25) is 5.82 Å². The van der Waals surface area contributed by atoms with Gasteiger partial charge in [0.25, 0.3) is 5.91 Å². The third-order valence-corrected chi connectivity index (χ3v) is 9.48. The van der Waals surface area contributed by atoms with Crippen LogP contribution in [0, 0.1) is 0 Å². The molecule has 0 unspecified atom stereocenters. The van der Waals surface area contributed by atoms with Crippen LogP contribution < -0.4 is 0 Å². The molecule has 1 aliphatic heterocycles. The zero-order valence-electron chi connectivity index (χ0n) is 22.4. The summed E-state index contributed by atoms with van der Waals surface area (Å²) >= 11 is 15.4. The van der Waals surface area contributed by atoms with Crippen LogP contribution in [0.3, 0.4) is 0 Å². The zero-order chi connectivity index (χ0) is 28.9. The van der Waals surface area contributed by atoms with Crippen LogP contribution in [0.5, 0.6) is 0 Å². The van der Waals surface area contributed by atoms with Crippen LogP contribution in [0.2, 0.25) is 10.0 Å². The number of piperazine rings is 1. The van der Waals surface area contributed by atoms with Crippen molar-refractivity contribution in [1.29, 1.82) is 0 Å². The second kappa shape index (κ2) is 13.3. The van der Waals surface area contributed by atoms with E-state index in [4.69, 9.17) is 27.6 Å². The third-order valence-electron chi connectivity index (χ3n) is 6.76. The number of benzene rings is 2. The van der Waals surface area contributed by atoms with E-state index in [1.807, 2.05) is 45.2 Å². The van der Waals surface area contributed by atoms with E-state index in [1.54, 1.807) is 24.5 Å². The highest BCUT2D eigenvalue weighted by molar-refractivity contribution is 7.98. The number of rotatable bonds is 9. The fourth-order valence-electron chi connectivity index (χ4n) is 4.58. The molecule has 6 rings (SSSR count). The molecule has 1 amide bonds. The Hall–Kier alpha value is -3.41. The van der Waals surface area contributed by atoms with Crippen molar-refractivity contribution in [2.75, 3.05) is 32.7 Å². The Labute approximate surface area is 261 Å². The summed E-state index contributed by atoms with van der Waals surface area (Å²) < 4.78 is 7.47. The fourth-order valence-corrected chi connectivity index (χ4v) is 6.62. The van der Waals surface area contributed by atoms with Crippen LogP contribution >= 0.6 is 46.3 Å². The van der Waals surface area contributed by atoms with Crippen LogP contribution in [0.4, 0.5) is 0 Å². The number of aromatic nitrogens is 4. The summed E-state index contributed by atoms with van der Waals surface area (Å²) in [6.07, 6.45) is 5.90. The molecule has 0 N–H and O–H groups in total. The average molecular weight is 638 g/mol. The van der Waals surface area contributed by atoms with Gasteiger partial charge in [0.05, 0.1) is 27.7 Å². The van der Waals surface area contributed by atoms with Gasteiger partial charge in [-0.2, -0.15) is 0 Å². The number of thiazole rings is 1. The standard InChI is InChI=1S/C30H26Cl2N6O2S2/c31-23-11-10-22(18-24(23)32)38-28(26-9-5-17-40-26)34-35-30(38)42-20-27-33-25(19-41-27)29(39)37-15-13-36(14-16-37)12-4-8-21-6-2-1-3-7-21/h1-11,17-19H,12-16,20H2. The molecule has 1 fully saturated rings. The van der Waals surface area contributed by atoms with E-state index in [0.29, 0.717) is 51.3 Å². The van der Waals surface area contributed by atoms with Crippen molar-refractivity contribution in [2.45, 2.75) is 10.9 Å². The summed E-state index contributed by atoms with van der Waals surface area (Å²) in [6.45, 7) is 3.90. The molecule has 4 heterocycles. The molecule has 0 radical (unpaired) electrons. The summed E-state index contributed by atoms with van der Waals surface area (Å²) in [7, 11) is 0. The Morgan fingerprint density at radius 1 is 1.00 bits per heavy atom. The Morgan fingerprint density at radius 3 is 2.60 bits per heavy atom. The lowest BCUT2D eigenvalue weighted by Gasteiger charge is -2.33. The maximum atomic E-state index is 13.2. The zero-order valence-corrected chi connectivity index (χ0v) is 25.5. The van der Waals surface area contributed by atoms with Crippen molar-refractivity contribution in [2.24, 2.45) is 0 Å². The van der Waals surface area contributed by atoms with Crippen molar-refractivity contribution >= 4 is 58.3 Å². The first-order valence-corrected chi connectivity index (χ1v) is 15.9. The van der Waals surface area contributed by atoms with E-state index in [2.05, 4.69) is 44.4 Å². The molecule has 5 aromatic rings. The lowest BCUT2D eigenvalue weighted by Crippen LogP contribution is -2.48. The van der Waals surface area contributed by atoms with E-state index < -0.39 is 0 Å². The van der Waals surface area contributed by atoms with Gasteiger partial charge in [0, 0.05) is 38.1 Å². The smallest absolute Gasteiger partial charge is 0.273 e. The van der Waals surface area contributed by atoms with Gasteiger partial charge in [-0.15, -0.1) is 21.5 Å². The van der Waals surface area contributed by atoms with E-state index in [1.165, 1.54) is 28.7 Å². The van der Waals surface area contributed by atoms with Crippen molar-refractivity contribution < 1.29 is 9.21 Å². The molecule has 2 aromatic carbocycles. The molecule has 0 aliphatic carbocycles. The molecule has 0 saturated carbocycles. The van der Waals surface area contributed by atoms with E-state index in [-0.39, 0.29) is 5.91 Å². The Bertz CT molecular complexity index is 1680. The van der Waals surface area contributed by atoms with Crippen LogP contribution in [-0.2, 0) is 5.75 Å². The van der Waals surface area contributed by atoms with Crippen LogP contribution in [0.15, 0.2) is 88.0 Å². The third kappa shape index (κ3) is 6.63. The van der Waals surface area contributed by atoms with Crippen molar-refractivity contribution in [3.63, 3.8) is 0 Å². The monoisotopic (exact) mass is 636 g/mol. The minimum absolute atomic E-state index is 0.0268. The molecule has 42 heavy (non-hydrogen) atoms. The fraction of sp³-hybridized carbons (Fsp3) is 0.200. The topological polar surface area (TPSA) is 80.3 Å². The van der Waals surface area contributed by atoms with Gasteiger partial charge in [-0.25, -0.2) is 4.98 Å². The summed E-state index contributed by atoms with van der Waals surface area (Å²) in [6, 6.07) is 19.3. The Kier molecular flexibility index (Phi) is 9.07. The molecule has 0 atom stereocenters. The number of halogens is 2. The van der Waals surface area contributed by atoms with Crippen molar-refractivity contribution in [1.82, 2.24) is 29.5 Å². The van der Waals surface area contributed by atoms with Gasteiger partial charge in [-0.3, -0.25) is 14.3 Å². The lowest BCUT2D eigenvalue weighted by atomic mass is 10.2. The second-order valence-corrected chi connectivity index (χ2v) is 12.2. The number of carbonyl (C=O) groups is 1. The number of hydrogen-bond acceptors (Lipinski definition) is 8. The molecule has 8 nitrogen and oxygen atoms in total. The van der Waals surface area contributed by atoms with E-state index in [9.17, 15) is 4.79 Å². The first kappa shape index (κ1) is 28.7. The maximum Gasteiger partial charge on any atom is 0.273 e. The number of amides is 1. The second-order valence-electron chi connectivity index (χ2n) is 9.54. The molecular formula is C30H26Cl2N6O2S2. The molecule has 1 saturated heterocycles. The van der Waals surface area contributed by atoms with Gasteiger partial charge >= 0.3 is 0 Å². The number of furan rings is 1. The highest BCUT2D eigenvalue weighted by atomic mass is 35.5. The van der Waals surface area contributed by atoms with Crippen LogP contribution in [0.1, 0.15) is 21.1 Å². The number of carbonyl (C=O) groups excluding carboxylic acids is 1. The van der Waals surface area contributed by atoms with Gasteiger partial charge in [0.1, 0.15) is 10.7 Å². The lowest BCUT2D eigenvalue weighted by molar-refractivity contribution is 0.0645. The van der Waals surface area contributed by atoms with Gasteiger partial charge in [-0.05, 0) is 35.9 Å². The predicted octanol–water partition coefficient (Wildman–Crippen LogP) is 7.05. The quantitative estimate of drug-likeness (QED) is 0.160. The maximum absolute atomic E-state index is 13.2. The van der Waals surface area contributed by atoms with Gasteiger partial charge in [-0.1, -0.05) is 77.4 Å². The highest BCUT2D eigenvalue weighted by Gasteiger charge is 2.24. The first-order chi connectivity index (χ1) is 20.5. The number of nitrogens with zero attached hydrogens (tertiary/aromatic N) is 6. The highest BCUT2D eigenvalue weighted by Crippen LogP contribution is 2.33. The molecule has 1 aliphatic rings. The summed E-state index contributed by atoms with van der Waals surface area (Å²) in [5, 5.41) is 13.0.